The zero-order chi connectivity index (χ0) is 41.0. The van der Waals surface area contributed by atoms with Crippen molar-refractivity contribution in [2.45, 2.75) is 6.61 Å². The van der Waals surface area contributed by atoms with E-state index in [1.165, 1.54) is 12.4 Å². The standard InChI is InChI=1S/C18H13F2N5O3S.C11H7F2N5O.C7H5ClO2/c19-12-6-7-15(14(20)8-12)28-18-21-9-13-16(22-18)23-24-17(13)25-29(26)27-10-11-4-2-1-3-5-11;12-5-1-2-8(7(13)3-5)19-11-15-4-6-9(14)17-18-10(6)16-11;8-7(9)10-6-4-2-1-3-5-6/h1-9H,10H2,(H2,21,22,23,24,25);1-4H,(H3,14,15,16,17,18);1-5H. The Hall–Kier alpha value is -7.23. The Bertz CT molecular complexity index is 2680. The SMILES string of the molecule is Nc1[nH]nc2nc(Oc3ccc(F)cc3F)ncc12.O=C(Cl)Oc1ccccc1.O=S(Nc1n[nH]c2nc(Oc3ccc(F)cc3F)ncc12)OCc1ccccc1. The van der Waals surface area contributed by atoms with E-state index in [1.54, 1.807) is 24.3 Å². The maximum Gasteiger partial charge on any atom is 0.409 e. The minimum atomic E-state index is -1.85. The summed E-state index contributed by atoms with van der Waals surface area (Å²) >= 11 is 3.10. The van der Waals surface area contributed by atoms with E-state index in [9.17, 15) is 26.6 Å². The van der Waals surface area contributed by atoms with Gasteiger partial charge >= 0.3 is 17.4 Å². The molecule has 5 N–H and O–H groups in total. The Balaban J connectivity index is 0.000000167. The number of hydrogen-bond donors (Lipinski definition) is 4. The predicted octanol–water partition coefficient (Wildman–Crippen LogP) is 8.06. The fourth-order valence-corrected chi connectivity index (χ4v) is 5.18. The third-order valence-corrected chi connectivity index (χ3v) is 7.87. The van der Waals surface area contributed by atoms with E-state index in [0.29, 0.717) is 40.1 Å². The Labute approximate surface area is 331 Å². The van der Waals surface area contributed by atoms with Gasteiger partial charge in [0.05, 0.1) is 17.4 Å². The van der Waals surface area contributed by atoms with Crippen LogP contribution in [0.3, 0.4) is 0 Å². The molecule has 1 unspecified atom stereocenters. The molecule has 0 radical (unpaired) electrons. The second kappa shape index (κ2) is 19.1. The second-order valence-electron chi connectivity index (χ2n) is 11.1. The van der Waals surface area contributed by atoms with Gasteiger partial charge in [0, 0.05) is 36.1 Å². The Morgan fingerprint density at radius 1 is 0.759 bits per heavy atom. The number of hydrogen-bond acceptors (Lipinski definition) is 13. The van der Waals surface area contributed by atoms with E-state index in [1.807, 2.05) is 36.4 Å². The van der Waals surface area contributed by atoms with Crippen LogP contribution in [0.1, 0.15) is 5.56 Å². The van der Waals surface area contributed by atoms with Crippen LogP contribution < -0.4 is 24.7 Å². The molecular weight excluding hydrogens is 812 g/mol. The summed E-state index contributed by atoms with van der Waals surface area (Å²) in [7, 11) is 0. The average molecular weight is 837 g/mol. The van der Waals surface area contributed by atoms with Crippen molar-refractivity contribution in [2.24, 2.45) is 0 Å². The summed E-state index contributed by atoms with van der Waals surface area (Å²) in [5.41, 5.74) is 6.19. The Kier molecular flexibility index (Phi) is 13.3. The summed E-state index contributed by atoms with van der Waals surface area (Å²) in [6.45, 7) is 0.153. The molecule has 0 aliphatic heterocycles. The van der Waals surface area contributed by atoms with Gasteiger partial charge in [-0.05, 0) is 42.0 Å². The highest BCUT2D eigenvalue weighted by Gasteiger charge is 2.15. The molecule has 0 spiro atoms. The fraction of sp³-hybridized carbons (Fsp3) is 0.0278. The maximum atomic E-state index is 13.7. The third-order valence-electron chi connectivity index (χ3n) is 7.10. The highest BCUT2D eigenvalue weighted by Crippen LogP contribution is 2.26. The molecule has 296 valence electrons. The quantitative estimate of drug-likeness (QED) is 0.0758. The van der Waals surface area contributed by atoms with Crippen molar-refractivity contribution in [3.8, 4) is 29.3 Å². The number of para-hydroxylation sites is 1. The second-order valence-corrected chi connectivity index (χ2v) is 12.3. The number of nitrogens with zero attached hydrogens (tertiary/aromatic N) is 6. The number of nitrogens with one attached hydrogen (secondary N) is 3. The molecule has 22 heteroatoms. The molecular formula is C36H25ClF4N10O6S. The Morgan fingerprint density at radius 3 is 1.95 bits per heavy atom. The van der Waals surface area contributed by atoms with Crippen molar-refractivity contribution in [1.29, 1.82) is 0 Å². The predicted molar refractivity (Wildman–Crippen MR) is 202 cm³/mol. The number of anilines is 2. The molecule has 0 aliphatic rings. The first-order valence-corrected chi connectivity index (χ1v) is 17.7. The summed E-state index contributed by atoms with van der Waals surface area (Å²) in [5, 5.41) is 13.9. The zero-order valence-corrected chi connectivity index (χ0v) is 30.7. The van der Waals surface area contributed by atoms with Gasteiger partial charge in [0.1, 0.15) is 23.2 Å². The molecule has 8 aromatic rings. The van der Waals surface area contributed by atoms with Gasteiger partial charge in [0.15, 0.2) is 40.2 Å². The number of aromatic nitrogens is 8. The van der Waals surface area contributed by atoms with Crippen LogP contribution in [0.5, 0.6) is 29.3 Å². The van der Waals surface area contributed by atoms with Gasteiger partial charge in [0.25, 0.3) is 11.3 Å². The van der Waals surface area contributed by atoms with E-state index in [4.69, 9.17) is 31.0 Å². The summed E-state index contributed by atoms with van der Waals surface area (Å²) < 4.78 is 87.6. The molecule has 0 saturated carbocycles. The summed E-state index contributed by atoms with van der Waals surface area (Å²) in [6, 6.07) is 23.5. The first-order valence-electron chi connectivity index (χ1n) is 16.2. The van der Waals surface area contributed by atoms with Crippen molar-refractivity contribution in [3.05, 3.63) is 138 Å². The lowest BCUT2D eigenvalue weighted by molar-refractivity contribution is 0.225. The number of nitrogens with two attached hydrogens (primary N) is 1. The van der Waals surface area contributed by atoms with Crippen LogP contribution in [-0.4, -0.2) is 50.0 Å². The Morgan fingerprint density at radius 2 is 1.34 bits per heavy atom. The van der Waals surface area contributed by atoms with Crippen molar-refractivity contribution < 1.29 is 45.0 Å². The van der Waals surface area contributed by atoms with Crippen LogP contribution in [0.4, 0.5) is 34.0 Å². The van der Waals surface area contributed by atoms with Crippen LogP contribution in [0, 0.1) is 23.3 Å². The number of ether oxygens (including phenoxy) is 3. The number of aromatic amines is 2. The molecule has 16 nitrogen and oxygen atoms in total. The molecule has 0 fully saturated rings. The summed E-state index contributed by atoms with van der Waals surface area (Å²) in [6.07, 6.45) is 2.76. The summed E-state index contributed by atoms with van der Waals surface area (Å²) in [5.74, 6) is -2.54. The molecule has 0 aliphatic carbocycles. The number of fused-ring (bicyclic) bond motifs is 2. The molecule has 0 saturated heterocycles. The molecule has 1 atom stereocenters. The molecule has 8 rings (SSSR count). The highest BCUT2D eigenvalue weighted by atomic mass is 35.5. The number of H-pyrrole nitrogens is 2. The van der Waals surface area contributed by atoms with Crippen LogP contribution in [0.15, 0.2) is 109 Å². The van der Waals surface area contributed by atoms with Gasteiger partial charge in [-0.2, -0.15) is 20.2 Å². The normalized spacial score (nSPS) is 11.1. The molecule has 4 aromatic carbocycles. The van der Waals surface area contributed by atoms with E-state index >= 15 is 0 Å². The van der Waals surface area contributed by atoms with Crippen LogP contribution in [0.2, 0.25) is 0 Å². The molecule has 0 amide bonds. The van der Waals surface area contributed by atoms with Crippen LogP contribution in [-0.2, 0) is 22.1 Å². The van der Waals surface area contributed by atoms with Crippen LogP contribution in [0.25, 0.3) is 22.1 Å². The number of benzene rings is 4. The van der Waals surface area contributed by atoms with Gasteiger partial charge in [-0.15, -0.1) is 0 Å². The van der Waals surface area contributed by atoms with Crippen molar-refractivity contribution >= 4 is 62.0 Å². The van der Waals surface area contributed by atoms with E-state index in [-0.39, 0.29) is 41.6 Å². The average Bonchev–Trinajstić information content (AvgIpc) is 3.79. The smallest absolute Gasteiger partial charge is 0.409 e. The van der Waals surface area contributed by atoms with E-state index in [0.717, 1.165) is 29.8 Å². The van der Waals surface area contributed by atoms with Crippen molar-refractivity contribution in [1.82, 2.24) is 40.3 Å². The molecule has 4 heterocycles. The molecule has 58 heavy (non-hydrogen) atoms. The lowest BCUT2D eigenvalue weighted by atomic mass is 10.2. The number of rotatable bonds is 10. The maximum absolute atomic E-state index is 13.7. The largest absolute Gasteiger partial charge is 0.421 e. The number of carbonyl (C=O) groups is 1. The van der Waals surface area contributed by atoms with Gasteiger partial charge in [-0.1, -0.05) is 48.5 Å². The van der Waals surface area contributed by atoms with Gasteiger partial charge in [0.2, 0.25) is 0 Å². The third kappa shape index (κ3) is 11.2. The first-order chi connectivity index (χ1) is 28.0. The zero-order valence-electron chi connectivity index (χ0n) is 29.1. The van der Waals surface area contributed by atoms with Crippen molar-refractivity contribution in [2.75, 3.05) is 10.5 Å². The first kappa shape index (κ1) is 40.4. The van der Waals surface area contributed by atoms with Gasteiger partial charge in [-0.3, -0.25) is 19.1 Å². The number of carbonyl (C=O) groups excluding carboxylic acids is 1. The molecule has 4 aromatic heterocycles. The molecule has 0 bridgehead atoms. The lowest BCUT2D eigenvalue weighted by Gasteiger charge is -2.05. The minimum Gasteiger partial charge on any atom is -0.421 e. The topological polar surface area (TPSA) is 218 Å². The van der Waals surface area contributed by atoms with Gasteiger partial charge in [-0.25, -0.2) is 36.5 Å². The van der Waals surface area contributed by atoms with Crippen molar-refractivity contribution in [3.63, 3.8) is 0 Å². The fourth-order valence-electron chi connectivity index (χ4n) is 4.47. The van der Waals surface area contributed by atoms with Gasteiger partial charge < -0.3 is 19.9 Å². The number of nitrogen functional groups attached to an aromatic ring is 1. The monoisotopic (exact) mass is 836 g/mol. The van der Waals surface area contributed by atoms with E-state index < -0.39 is 40.0 Å². The number of halogens is 5. The highest BCUT2D eigenvalue weighted by molar-refractivity contribution is 7.81. The minimum absolute atomic E-state index is 0.107. The summed E-state index contributed by atoms with van der Waals surface area (Å²) in [4.78, 5) is 26.0. The lowest BCUT2D eigenvalue weighted by Crippen LogP contribution is -2.08. The van der Waals surface area contributed by atoms with Crippen LogP contribution >= 0.6 is 11.6 Å². The van der Waals surface area contributed by atoms with E-state index in [2.05, 4.69) is 49.8 Å².